The summed E-state index contributed by atoms with van der Waals surface area (Å²) in [6.07, 6.45) is 8.31. The standard InChI is InChI=1S/C35H46FN5O2/c1-37-29-9-4-10-31(24-29)41-21-15-30(16-22-41)40-19-13-26(14-20-40)35(25-39-17-6-18-39,27-7-3-8-28(36)23-27)32-11-5-12-33(32)38-34(42)43-2/h3-4,7-10,23-24,26,30,32-33H,5-6,11-22,25H2,2H3,(H,38,42)/t32-,33-,35-/m0/s1. The lowest BCUT2D eigenvalue weighted by Crippen LogP contribution is -2.60. The summed E-state index contributed by atoms with van der Waals surface area (Å²) in [5, 5.41) is 3.20. The van der Waals surface area contributed by atoms with E-state index in [0.717, 1.165) is 102 Å². The van der Waals surface area contributed by atoms with E-state index in [4.69, 9.17) is 11.3 Å². The van der Waals surface area contributed by atoms with Crippen LogP contribution in [0.1, 0.15) is 56.9 Å². The van der Waals surface area contributed by atoms with Crippen molar-refractivity contribution in [3.63, 3.8) is 0 Å². The highest BCUT2D eigenvalue weighted by molar-refractivity contribution is 5.67. The van der Waals surface area contributed by atoms with Gasteiger partial charge in [-0.15, -0.1) is 0 Å². The van der Waals surface area contributed by atoms with Gasteiger partial charge in [-0.3, -0.25) is 0 Å². The Bertz CT molecular complexity index is 1300. The first-order valence-electron chi connectivity index (χ1n) is 16.3. The van der Waals surface area contributed by atoms with Gasteiger partial charge in [-0.05, 0) is 113 Å². The molecule has 3 aliphatic heterocycles. The molecule has 1 N–H and O–H groups in total. The fourth-order valence-electron chi connectivity index (χ4n) is 8.77. The van der Waals surface area contributed by atoms with E-state index < -0.39 is 0 Å². The Kier molecular flexibility index (Phi) is 9.20. The zero-order valence-electron chi connectivity index (χ0n) is 25.5. The minimum Gasteiger partial charge on any atom is -0.453 e. The highest BCUT2D eigenvalue weighted by atomic mass is 19.1. The van der Waals surface area contributed by atoms with Gasteiger partial charge in [0, 0.05) is 42.8 Å². The number of halogens is 1. The molecular weight excluding hydrogens is 541 g/mol. The topological polar surface area (TPSA) is 52.4 Å². The predicted octanol–water partition coefficient (Wildman–Crippen LogP) is 6.23. The van der Waals surface area contributed by atoms with Crippen LogP contribution in [0.4, 0.5) is 20.6 Å². The van der Waals surface area contributed by atoms with Gasteiger partial charge in [0.2, 0.25) is 0 Å². The molecule has 0 unspecified atom stereocenters. The van der Waals surface area contributed by atoms with Crippen molar-refractivity contribution in [1.29, 1.82) is 0 Å². The number of nitrogens with zero attached hydrogens (tertiary/aromatic N) is 4. The molecule has 1 saturated carbocycles. The van der Waals surface area contributed by atoms with Crippen LogP contribution < -0.4 is 10.2 Å². The van der Waals surface area contributed by atoms with Gasteiger partial charge in [0.1, 0.15) is 5.82 Å². The molecule has 4 aliphatic rings. The minimum atomic E-state index is -0.365. The number of rotatable bonds is 8. The molecule has 0 bridgehead atoms. The van der Waals surface area contributed by atoms with Crippen molar-refractivity contribution in [1.82, 2.24) is 15.1 Å². The van der Waals surface area contributed by atoms with Crippen molar-refractivity contribution in [2.24, 2.45) is 11.8 Å². The highest BCUT2D eigenvalue weighted by Crippen LogP contribution is 2.51. The lowest BCUT2D eigenvalue weighted by Gasteiger charge is -2.54. The lowest BCUT2D eigenvalue weighted by molar-refractivity contribution is 0.0151. The van der Waals surface area contributed by atoms with E-state index in [1.54, 1.807) is 12.1 Å². The summed E-state index contributed by atoms with van der Waals surface area (Å²) in [6, 6.07) is 16.0. The molecule has 2 aromatic rings. The fraction of sp³-hybridized carbons (Fsp3) is 0.600. The molecule has 0 aromatic heterocycles. The van der Waals surface area contributed by atoms with Crippen LogP contribution in [0.2, 0.25) is 0 Å². The molecular formula is C35H46FN5O2. The third-order valence-corrected chi connectivity index (χ3v) is 11.0. The predicted molar refractivity (Wildman–Crippen MR) is 168 cm³/mol. The molecule has 1 amide bonds. The average molecular weight is 588 g/mol. The van der Waals surface area contributed by atoms with Gasteiger partial charge in [-0.2, -0.15) is 0 Å². The molecule has 0 radical (unpaired) electrons. The van der Waals surface area contributed by atoms with Crippen LogP contribution in [0.15, 0.2) is 48.5 Å². The summed E-state index contributed by atoms with van der Waals surface area (Å²) in [7, 11) is 1.43. The maximum absolute atomic E-state index is 14.9. The molecule has 230 valence electrons. The number of amides is 1. The van der Waals surface area contributed by atoms with Gasteiger partial charge in [0.25, 0.3) is 0 Å². The molecule has 43 heavy (non-hydrogen) atoms. The Morgan fingerprint density at radius 3 is 2.42 bits per heavy atom. The molecule has 1 aliphatic carbocycles. The van der Waals surface area contributed by atoms with Gasteiger partial charge < -0.3 is 24.8 Å². The number of anilines is 1. The number of carbonyl (C=O) groups is 1. The number of ether oxygens (including phenoxy) is 1. The second kappa shape index (κ2) is 13.2. The Labute approximate surface area is 256 Å². The number of likely N-dealkylation sites (tertiary alicyclic amines) is 2. The van der Waals surface area contributed by atoms with E-state index in [2.05, 4.69) is 37.0 Å². The van der Waals surface area contributed by atoms with E-state index in [-0.39, 0.29) is 29.3 Å². The quantitative estimate of drug-likeness (QED) is 0.372. The number of piperidine rings is 2. The normalized spacial score (nSPS) is 25.5. The summed E-state index contributed by atoms with van der Waals surface area (Å²) in [5.41, 5.74) is 2.74. The van der Waals surface area contributed by atoms with Crippen molar-refractivity contribution < 1.29 is 13.9 Å². The monoisotopic (exact) mass is 587 g/mol. The van der Waals surface area contributed by atoms with Crippen LogP contribution in [0.25, 0.3) is 4.85 Å². The summed E-state index contributed by atoms with van der Waals surface area (Å²) in [4.78, 5) is 23.7. The Morgan fingerprint density at radius 2 is 1.74 bits per heavy atom. The molecule has 7 nitrogen and oxygen atoms in total. The van der Waals surface area contributed by atoms with E-state index in [1.165, 1.54) is 13.5 Å². The Hall–Kier alpha value is -3.15. The van der Waals surface area contributed by atoms with Crippen LogP contribution in [0.3, 0.4) is 0 Å². The van der Waals surface area contributed by atoms with Crippen LogP contribution in [-0.2, 0) is 10.2 Å². The van der Waals surface area contributed by atoms with Crippen molar-refractivity contribution >= 4 is 17.5 Å². The first-order valence-corrected chi connectivity index (χ1v) is 16.3. The average Bonchev–Trinajstić information content (AvgIpc) is 3.49. The van der Waals surface area contributed by atoms with Crippen LogP contribution >= 0.6 is 0 Å². The first kappa shape index (κ1) is 29.9. The second-order valence-corrected chi connectivity index (χ2v) is 13.1. The molecule has 6 rings (SSSR count). The largest absolute Gasteiger partial charge is 0.453 e. The van der Waals surface area contributed by atoms with Crippen LogP contribution in [-0.4, -0.2) is 80.9 Å². The second-order valence-electron chi connectivity index (χ2n) is 13.1. The van der Waals surface area contributed by atoms with E-state index in [9.17, 15) is 9.18 Å². The number of nitrogens with one attached hydrogen (secondary N) is 1. The Balaban J connectivity index is 1.21. The van der Waals surface area contributed by atoms with Gasteiger partial charge >= 0.3 is 6.09 Å². The molecule has 8 heteroatoms. The minimum absolute atomic E-state index is 0.0284. The van der Waals surface area contributed by atoms with E-state index in [0.29, 0.717) is 17.6 Å². The highest BCUT2D eigenvalue weighted by Gasteiger charge is 2.53. The number of benzene rings is 2. The summed E-state index contributed by atoms with van der Waals surface area (Å²) in [5.74, 6) is 0.472. The number of methoxy groups -OCH3 is 1. The first-order chi connectivity index (χ1) is 21.0. The summed E-state index contributed by atoms with van der Waals surface area (Å²) < 4.78 is 20.0. The third kappa shape index (κ3) is 6.25. The van der Waals surface area contributed by atoms with Crippen molar-refractivity contribution in [2.45, 2.75) is 68.9 Å². The van der Waals surface area contributed by atoms with Gasteiger partial charge in [0.05, 0.1) is 13.7 Å². The molecule has 3 atom stereocenters. The fourth-order valence-corrected chi connectivity index (χ4v) is 8.77. The smallest absolute Gasteiger partial charge is 0.407 e. The van der Waals surface area contributed by atoms with Gasteiger partial charge in [-0.1, -0.05) is 30.7 Å². The number of hydrogen-bond donors (Lipinski definition) is 1. The van der Waals surface area contributed by atoms with Crippen molar-refractivity contribution in [3.8, 4) is 0 Å². The number of carbonyl (C=O) groups excluding carboxylic acids is 1. The summed E-state index contributed by atoms with van der Waals surface area (Å²) in [6.45, 7) is 14.6. The van der Waals surface area contributed by atoms with Crippen molar-refractivity contribution in [2.75, 3.05) is 57.8 Å². The van der Waals surface area contributed by atoms with Crippen LogP contribution in [0, 0.1) is 24.2 Å². The molecule has 3 saturated heterocycles. The number of alkyl carbamates (subject to hydrolysis) is 1. The van der Waals surface area contributed by atoms with E-state index >= 15 is 0 Å². The number of hydrogen-bond acceptors (Lipinski definition) is 5. The zero-order chi connectivity index (χ0) is 29.8. The maximum Gasteiger partial charge on any atom is 0.407 e. The third-order valence-electron chi connectivity index (χ3n) is 11.0. The van der Waals surface area contributed by atoms with Crippen molar-refractivity contribution in [3.05, 3.63) is 71.3 Å². The SMILES string of the molecule is [C-]#[N+]c1cccc(N2CCC(N3CCC([C@@](CN4CCC4)(c4cccc(F)c4)[C@H]4CCC[C@@H]4NC(=O)OC)CC3)CC2)c1. The Morgan fingerprint density at radius 1 is 0.977 bits per heavy atom. The van der Waals surface area contributed by atoms with Gasteiger partial charge in [0.15, 0.2) is 5.69 Å². The zero-order valence-corrected chi connectivity index (χ0v) is 25.5. The van der Waals surface area contributed by atoms with E-state index in [1.807, 2.05) is 24.3 Å². The maximum atomic E-state index is 14.9. The summed E-state index contributed by atoms with van der Waals surface area (Å²) >= 11 is 0. The van der Waals surface area contributed by atoms with Crippen LogP contribution in [0.5, 0.6) is 0 Å². The molecule has 4 fully saturated rings. The van der Waals surface area contributed by atoms with Gasteiger partial charge in [-0.25, -0.2) is 14.0 Å². The molecule has 2 aromatic carbocycles. The molecule has 0 spiro atoms. The molecule has 3 heterocycles. The lowest BCUT2D eigenvalue weighted by atomic mass is 9.57.